The number of rotatable bonds is 2. The third kappa shape index (κ3) is 2.69. The lowest BCUT2D eigenvalue weighted by Gasteiger charge is -2.09. The number of nitrogens with one attached hydrogen (secondary N) is 1. The van der Waals surface area contributed by atoms with Gasteiger partial charge in [-0.25, -0.2) is 4.39 Å². The predicted molar refractivity (Wildman–Crippen MR) is 72.2 cm³/mol. The highest BCUT2D eigenvalue weighted by Gasteiger charge is 2.14. The van der Waals surface area contributed by atoms with Gasteiger partial charge in [0.25, 0.3) is 5.91 Å². The Hall–Kier alpha value is -2.07. The summed E-state index contributed by atoms with van der Waals surface area (Å²) in [5.41, 5.74) is 0.710. The smallest absolute Gasteiger partial charge is 0.256 e. The molecule has 0 bridgehead atoms. The van der Waals surface area contributed by atoms with Crippen molar-refractivity contribution in [3.8, 4) is 5.75 Å². The molecule has 5 heteroatoms. The normalized spacial score (nSPS) is 10.3. The molecular formula is C14H11ClFNO2. The number of halogens is 2. The first-order chi connectivity index (χ1) is 9.00. The van der Waals surface area contributed by atoms with E-state index in [0.29, 0.717) is 5.56 Å². The Bertz CT molecular complexity index is 643. The molecular weight excluding hydrogens is 269 g/mol. The second-order valence-electron chi connectivity index (χ2n) is 4.01. The monoisotopic (exact) mass is 279 g/mol. The van der Waals surface area contributed by atoms with E-state index in [4.69, 9.17) is 11.6 Å². The van der Waals surface area contributed by atoms with Gasteiger partial charge >= 0.3 is 0 Å². The molecule has 2 aromatic rings. The topological polar surface area (TPSA) is 49.3 Å². The van der Waals surface area contributed by atoms with Crippen LogP contribution in [0.15, 0.2) is 36.4 Å². The van der Waals surface area contributed by atoms with Gasteiger partial charge in [-0.2, -0.15) is 0 Å². The van der Waals surface area contributed by atoms with Gasteiger partial charge in [-0.3, -0.25) is 4.79 Å². The second kappa shape index (κ2) is 5.28. The van der Waals surface area contributed by atoms with E-state index < -0.39 is 11.7 Å². The number of carbonyl (C=O) groups excluding carboxylic acids is 1. The van der Waals surface area contributed by atoms with Gasteiger partial charge in [-0.15, -0.1) is 0 Å². The zero-order valence-corrected chi connectivity index (χ0v) is 10.8. The number of carbonyl (C=O) groups is 1. The van der Waals surface area contributed by atoms with Gasteiger partial charge in [-0.1, -0.05) is 23.7 Å². The molecule has 0 aromatic heterocycles. The fourth-order valence-electron chi connectivity index (χ4n) is 1.66. The molecule has 0 aliphatic heterocycles. The van der Waals surface area contributed by atoms with Crippen molar-refractivity contribution in [2.75, 3.05) is 5.32 Å². The van der Waals surface area contributed by atoms with Crippen molar-refractivity contribution in [3.05, 3.63) is 58.4 Å². The van der Waals surface area contributed by atoms with Gasteiger partial charge in [0.15, 0.2) is 5.82 Å². The molecule has 0 aliphatic carbocycles. The summed E-state index contributed by atoms with van der Waals surface area (Å²) in [5, 5.41) is 11.9. The molecule has 0 atom stereocenters. The second-order valence-corrected chi connectivity index (χ2v) is 4.41. The lowest BCUT2D eigenvalue weighted by Crippen LogP contribution is -2.14. The molecule has 0 saturated carbocycles. The minimum absolute atomic E-state index is 0.000225. The van der Waals surface area contributed by atoms with E-state index >= 15 is 0 Å². The summed E-state index contributed by atoms with van der Waals surface area (Å²) in [6.45, 7) is 1.61. The molecule has 0 spiro atoms. The molecule has 1 amide bonds. The molecule has 0 aliphatic rings. The summed E-state index contributed by atoms with van der Waals surface area (Å²) in [4.78, 5) is 12.0. The zero-order chi connectivity index (χ0) is 14.0. The Morgan fingerprint density at radius 3 is 2.68 bits per heavy atom. The predicted octanol–water partition coefficient (Wildman–Crippen LogP) is 3.75. The first-order valence-electron chi connectivity index (χ1n) is 5.54. The van der Waals surface area contributed by atoms with Crippen LogP contribution in [0.4, 0.5) is 10.1 Å². The van der Waals surface area contributed by atoms with Crippen LogP contribution in [-0.2, 0) is 0 Å². The summed E-state index contributed by atoms with van der Waals surface area (Å²) in [6.07, 6.45) is 0. The summed E-state index contributed by atoms with van der Waals surface area (Å²) in [6, 6.07) is 8.92. The maximum absolute atomic E-state index is 13.7. The molecule has 3 nitrogen and oxygen atoms in total. The minimum Gasteiger partial charge on any atom is -0.508 e. The maximum atomic E-state index is 13.7. The van der Waals surface area contributed by atoms with Crippen LogP contribution in [0.2, 0.25) is 5.02 Å². The first-order valence-corrected chi connectivity index (χ1v) is 5.92. The van der Waals surface area contributed by atoms with Gasteiger partial charge < -0.3 is 10.4 Å². The van der Waals surface area contributed by atoms with Crippen molar-refractivity contribution in [1.29, 1.82) is 0 Å². The van der Waals surface area contributed by atoms with Gasteiger partial charge in [0.05, 0.1) is 10.7 Å². The summed E-state index contributed by atoms with van der Waals surface area (Å²) < 4.78 is 13.7. The number of anilines is 1. The van der Waals surface area contributed by atoms with Crippen LogP contribution < -0.4 is 5.32 Å². The molecule has 2 aromatic carbocycles. The van der Waals surface area contributed by atoms with E-state index in [-0.39, 0.29) is 22.0 Å². The highest BCUT2D eigenvalue weighted by Crippen LogP contribution is 2.24. The van der Waals surface area contributed by atoms with Crippen molar-refractivity contribution < 1.29 is 14.3 Å². The quantitative estimate of drug-likeness (QED) is 0.880. The Balaban J connectivity index is 2.31. The van der Waals surface area contributed by atoms with Crippen molar-refractivity contribution in [1.82, 2.24) is 0 Å². The van der Waals surface area contributed by atoms with E-state index in [1.54, 1.807) is 19.1 Å². The average Bonchev–Trinajstić information content (AvgIpc) is 2.38. The molecule has 19 heavy (non-hydrogen) atoms. The number of benzene rings is 2. The molecule has 0 heterocycles. The van der Waals surface area contributed by atoms with Crippen molar-refractivity contribution in [2.24, 2.45) is 0 Å². The van der Waals surface area contributed by atoms with Crippen LogP contribution in [0, 0.1) is 12.7 Å². The number of phenols is 1. The van der Waals surface area contributed by atoms with Gasteiger partial charge in [0, 0.05) is 11.1 Å². The van der Waals surface area contributed by atoms with Crippen LogP contribution in [-0.4, -0.2) is 11.0 Å². The van der Waals surface area contributed by atoms with Crippen molar-refractivity contribution in [3.63, 3.8) is 0 Å². The zero-order valence-electron chi connectivity index (χ0n) is 10.1. The largest absolute Gasteiger partial charge is 0.508 e. The summed E-state index contributed by atoms with van der Waals surface area (Å²) in [7, 11) is 0. The molecule has 2 N–H and O–H groups in total. The van der Waals surface area contributed by atoms with Gasteiger partial charge in [-0.05, 0) is 31.2 Å². The molecule has 0 saturated heterocycles. The fraction of sp³-hybridized carbons (Fsp3) is 0.0714. The highest BCUT2D eigenvalue weighted by atomic mass is 35.5. The van der Waals surface area contributed by atoms with E-state index in [1.807, 2.05) is 0 Å². The van der Waals surface area contributed by atoms with E-state index in [0.717, 1.165) is 0 Å². The Labute approximate surface area is 114 Å². The van der Waals surface area contributed by atoms with Crippen molar-refractivity contribution >= 4 is 23.2 Å². The number of hydrogen-bond donors (Lipinski definition) is 2. The van der Waals surface area contributed by atoms with Crippen LogP contribution >= 0.6 is 11.6 Å². The van der Waals surface area contributed by atoms with Crippen LogP contribution in [0.5, 0.6) is 5.75 Å². The van der Waals surface area contributed by atoms with E-state index in [2.05, 4.69) is 5.32 Å². The molecule has 0 radical (unpaired) electrons. The molecule has 98 valence electrons. The van der Waals surface area contributed by atoms with Crippen molar-refractivity contribution in [2.45, 2.75) is 6.92 Å². The van der Waals surface area contributed by atoms with Gasteiger partial charge in [0.1, 0.15) is 5.75 Å². The first kappa shape index (κ1) is 13.4. The highest BCUT2D eigenvalue weighted by molar-refractivity contribution is 6.31. The fourth-order valence-corrected chi connectivity index (χ4v) is 1.83. The van der Waals surface area contributed by atoms with Crippen LogP contribution in [0.1, 0.15) is 15.9 Å². The summed E-state index contributed by atoms with van der Waals surface area (Å²) in [5.74, 6) is -1.18. The third-order valence-corrected chi connectivity index (χ3v) is 3.04. The average molecular weight is 280 g/mol. The Morgan fingerprint density at radius 1 is 1.26 bits per heavy atom. The molecule has 0 unspecified atom stereocenters. The lowest BCUT2D eigenvalue weighted by atomic mass is 10.1. The van der Waals surface area contributed by atoms with E-state index in [9.17, 15) is 14.3 Å². The Kier molecular flexibility index (Phi) is 3.71. The summed E-state index contributed by atoms with van der Waals surface area (Å²) >= 11 is 5.63. The molecule has 2 rings (SSSR count). The van der Waals surface area contributed by atoms with Gasteiger partial charge in [0.2, 0.25) is 0 Å². The SMILES string of the molecule is Cc1c(O)cccc1C(=O)Nc1cccc(Cl)c1F. The lowest BCUT2D eigenvalue weighted by molar-refractivity contribution is 0.102. The molecule has 0 fully saturated rings. The minimum atomic E-state index is -0.685. The number of phenolic OH excluding ortho intramolecular Hbond substituents is 1. The van der Waals surface area contributed by atoms with Crippen LogP contribution in [0.3, 0.4) is 0 Å². The van der Waals surface area contributed by atoms with E-state index in [1.165, 1.54) is 24.3 Å². The van der Waals surface area contributed by atoms with Crippen LogP contribution in [0.25, 0.3) is 0 Å². The standard InChI is InChI=1S/C14H11ClFNO2/c1-8-9(4-2-7-12(8)18)14(19)17-11-6-3-5-10(15)13(11)16/h2-7,18H,1H3,(H,17,19). The Morgan fingerprint density at radius 2 is 1.95 bits per heavy atom. The number of hydrogen-bond acceptors (Lipinski definition) is 2. The third-order valence-electron chi connectivity index (χ3n) is 2.75. The number of amides is 1. The number of aromatic hydroxyl groups is 1. The maximum Gasteiger partial charge on any atom is 0.256 e.